The molecule has 0 saturated heterocycles. The first-order valence-electron chi connectivity index (χ1n) is 8.42. The highest BCUT2D eigenvalue weighted by Crippen LogP contribution is 2.35. The van der Waals surface area contributed by atoms with E-state index < -0.39 is 0 Å². The van der Waals surface area contributed by atoms with Crippen molar-refractivity contribution in [3.63, 3.8) is 0 Å². The molecule has 124 valence electrons. The zero-order chi connectivity index (χ0) is 16.7. The van der Waals surface area contributed by atoms with Crippen molar-refractivity contribution in [2.45, 2.75) is 32.3 Å². The molecule has 1 aliphatic heterocycles. The highest BCUT2D eigenvalue weighted by Gasteiger charge is 2.23. The normalized spacial score (nSPS) is 17.9. The third-order valence-corrected chi connectivity index (χ3v) is 4.77. The standard InChI is InChI=1S/C20H22N2O2/c1-13-4-7-19-20(8-13)24-17(12-23-19)9-14(2)15-5-6-18-16(10-15)11-21-22(18)3/h4-8,10-11,14,17H,9,12H2,1-3H3. The van der Waals surface area contributed by atoms with Crippen molar-refractivity contribution in [1.29, 1.82) is 0 Å². The Hall–Kier alpha value is -2.49. The zero-order valence-electron chi connectivity index (χ0n) is 14.3. The van der Waals surface area contributed by atoms with E-state index in [2.05, 4.69) is 37.1 Å². The molecular formula is C20H22N2O2. The van der Waals surface area contributed by atoms with Crippen LogP contribution in [0.2, 0.25) is 0 Å². The number of ether oxygens (including phenoxy) is 2. The van der Waals surface area contributed by atoms with Gasteiger partial charge in [-0.3, -0.25) is 4.68 Å². The van der Waals surface area contributed by atoms with E-state index in [4.69, 9.17) is 9.47 Å². The number of nitrogens with zero attached hydrogens (tertiary/aromatic N) is 2. The first kappa shape index (κ1) is 15.1. The van der Waals surface area contributed by atoms with E-state index in [-0.39, 0.29) is 6.10 Å². The molecule has 0 aliphatic carbocycles. The van der Waals surface area contributed by atoms with E-state index in [9.17, 15) is 0 Å². The molecule has 0 fully saturated rings. The highest BCUT2D eigenvalue weighted by atomic mass is 16.6. The van der Waals surface area contributed by atoms with Crippen LogP contribution in [0.3, 0.4) is 0 Å². The van der Waals surface area contributed by atoms with Crippen molar-refractivity contribution in [1.82, 2.24) is 9.78 Å². The summed E-state index contributed by atoms with van der Waals surface area (Å²) in [5.74, 6) is 2.11. The van der Waals surface area contributed by atoms with Crippen molar-refractivity contribution >= 4 is 10.9 Å². The average molecular weight is 322 g/mol. The number of benzene rings is 2. The summed E-state index contributed by atoms with van der Waals surface area (Å²) < 4.78 is 13.9. The molecule has 2 aromatic carbocycles. The van der Waals surface area contributed by atoms with Crippen LogP contribution >= 0.6 is 0 Å². The van der Waals surface area contributed by atoms with Crippen molar-refractivity contribution < 1.29 is 9.47 Å². The van der Waals surface area contributed by atoms with Gasteiger partial charge >= 0.3 is 0 Å². The lowest BCUT2D eigenvalue weighted by Gasteiger charge is -2.28. The lowest BCUT2D eigenvalue weighted by molar-refractivity contribution is 0.0805. The van der Waals surface area contributed by atoms with Gasteiger partial charge in [-0.1, -0.05) is 19.1 Å². The molecule has 1 aromatic heterocycles. The van der Waals surface area contributed by atoms with E-state index in [1.165, 1.54) is 16.5 Å². The summed E-state index contributed by atoms with van der Waals surface area (Å²) in [5.41, 5.74) is 3.66. The summed E-state index contributed by atoms with van der Waals surface area (Å²) in [5, 5.41) is 5.50. The predicted molar refractivity (Wildman–Crippen MR) is 94.8 cm³/mol. The maximum Gasteiger partial charge on any atom is 0.162 e. The van der Waals surface area contributed by atoms with Crippen molar-refractivity contribution in [3.05, 3.63) is 53.7 Å². The first-order valence-corrected chi connectivity index (χ1v) is 8.42. The largest absolute Gasteiger partial charge is 0.486 e. The van der Waals surface area contributed by atoms with Gasteiger partial charge in [0.25, 0.3) is 0 Å². The second-order valence-corrected chi connectivity index (χ2v) is 6.72. The molecule has 0 spiro atoms. The molecule has 3 aromatic rings. The molecule has 2 unspecified atom stereocenters. The summed E-state index contributed by atoms with van der Waals surface area (Å²) in [6.45, 7) is 4.92. The Kier molecular flexibility index (Phi) is 3.68. The minimum absolute atomic E-state index is 0.0823. The van der Waals surface area contributed by atoms with Crippen molar-refractivity contribution in [2.75, 3.05) is 6.61 Å². The maximum absolute atomic E-state index is 6.16. The smallest absolute Gasteiger partial charge is 0.162 e. The van der Waals surface area contributed by atoms with Crippen molar-refractivity contribution in [3.8, 4) is 11.5 Å². The van der Waals surface area contributed by atoms with Crippen molar-refractivity contribution in [2.24, 2.45) is 7.05 Å². The Morgan fingerprint density at radius 1 is 1.21 bits per heavy atom. The second-order valence-electron chi connectivity index (χ2n) is 6.72. The van der Waals surface area contributed by atoms with Gasteiger partial charge in [0.05, 0.1) is 11.7 Å². The molecule has 0 bridgehead atoms. The van der Waals surface area contributed by atoms with E-state index in [1.807, 2.05) is 36.1 Å². The van der Waals surface area contributed by atoms with Crippen LogP contribution in [0.5, 0.6) is 11.5 Å². The predicted octanol–water partition coefficient (Wildman–Crippen LogP) is 4.22. The zero-order valence-corrected chi connectivity index (χ0v) is 14.3. The number of aromatic nitrogens is 2. The van der Waals surface area contributed by atoms with Gasteiger partial charge in [0.1, 0.15) is 12.7 Å². The summed E-state index contributed by atoms with van der Waals surface area (Å²) >= 11 is 0. The number of aryl methyl sites for hydroxylation is 2. The van der Waals surface area contributed by atoms with E-state index in [0.29, 0.717) is 12.5 Å². The van der Waals surface area contributed by atoms with Crippen LogP contribution in [0.25, 0.3) is 10.9 Å². The molecule has 4 heteroatoms. The van der Waals surface area contributed by atoms with Gasteiger partial charge in [0.2, 0.25) is 0 Å². The molecule has 4 rings (SSSR count). The van der Waals surface area contributed by atoms with Crippen LogP contribution in [-0.2, 0) is 7.05 Å². The van der Waals surface area contributed by atoms with Crippen LogP contribution in [0.4, 0.5) is 0 Å². The summed E-state index contributed by atoms with van der Waals surface area (Å²) in [7, 11) is 1.97. The van der Waals surface area contributed by atoms with E-state index in [1.54, 1.807) is 0 Å². The maximum atomic E-state index is 6.16. The SMILES string of the molecule is Cc1ccc2c(c1)OC(CC(C)c1ccc3c(cnn3C)c1)CO2. The van der Waals surface area contributed by atoms with Crippen LogP contribution in [0.1, 0.15) is 30.4 Å². The fourth-order valence-electron chi connectivity index (χ4n) is 3.36. The van der Waals surface area contributed by atoms with Gasteiger partial charge in [-0.15, -0.1) is 0 Å². The molecule has 1 aliphatic rings. The fraction of sp³-hybridized carbons (Fsp3) is 0.350. The van der Waals surface area contributed by atoms with Crippen LogP contribution in [-0.4, -0.2) is 22.5 Å². The minimum Gasteiger partial charge on any atom is -0.486 e. The molecular weight excluding hydrogens is 300 g/mol. The third-order valence-electron chi connectivity index (χ3n) is 4.77. The van der Waals surface area contributed by atoms with Gasteiger partial charge in [-0.25, -0.2) is 0 Å². The topological polar surface area (TPSA) is 36.3 Å². The number of hydrogen-bond acceptors (Lipinski definition) is 3. The Morgan fingerprint density at radius 3 is 2.96 bits per heavy atom. The van der Waals surface area contributed by atoms with Crippen LogP contribution < -0.4 is 9.47 Å². The van der Waals surface area contributed by atoms with Crippen LogP contribution in [0, 0.1) is 6.92 Å². The monoisotopic (exact) mass is 322 g/mol. The first-order chi connectivity index (χ1) is 11.6. The number of fused-ring (bicyclic) bond motifs is 2. The molecule has 0 radical (unpaired) electrons. The molecule has 2 heterocycles. The lowest BCUT2D eigenvalue weighted by atomic mass is 9.94. The fourth-order valence-corrected chi connectivity index (χ4v) is 3.36. The number of rotatable bonds is 3. The molecule has 0 amide bonds. The van der Waals surface area contributed by atoms with Gasteiger partial charge in [-0.05, 0) is 54.7 Å². The Bertz CT molecular complexity index is 884. The molecule has 0 saturated carbocycles. The molecule has 4 nitrogen and oxygen atoms in total. The quantitative estimate of drug-likeness (QED) is 0.724. The molecule has 24 heavy (non-hydrogen) atoms. The second kappa shape index (κ2) is 5.86. The summed E-state index contributed by atoms with van der Waals surface area (Å²) in [4.78, 5) is 0. The van der Waals surface area contributed by atoms with Gasteiger partial charge in [-0.2, -0.15) is 5.10 Å². The van der Waals surface area contributed by atoms with Gasteiger partial charge in [0, 0.05) is 12.4 Å². The van der Waals surface area contributed by atoms with E-state index >= 15 is 0 Å². The summed E-state index contributed by atoms with van der Waals surface area (Å²) in [6, 6.07) is 12.7. The summed E-state index contributed by atoms with van der Waals surface area (Å²) in [6.07, 6.45) is 2.93. The Morgan fingerprint density at radius 2 is 2.08 bits per heavy atom. The number of hydrogen-bond donors (Lipinski definition) is 0. The van der Waals surface area contributed by atoms with Gasteiger partial charge in [0.15, 0.2) is 11.5 Å². The minimum atomic E-state index is 0.0823. The van der Waals surface area contributed by atoms with Gasteiger partial charge < -0.3 is 9.47 Å². The van der Waals surface area contributed by atoms with E-state index in [0.717, 1.165) is 23.4 Å². The molecule has 2 atom stereocenters. The lowest BCUT2D eigenvalue weighted by Crippen LogP contribution is -2.30. The van der Waals surface area contributed by atoms with Crippen LogP contribution in [0.15, 0.2) is 42.6 Å². The molecule has 0 N–H and O–H groups in total. The third kappa shape index (κ3) is 2.73. The Labute approximate surface area is 142 Å². The average Bonchev–Trinajstić information content (AvgIpc) is 2.95. The Balaban J connectivity index is 1.50. The highest BCUT2D eigenvalue weighted by molar-refractivity contribution is 5.79.